The van der Waals surface area contributed by atoms with Crippen molar-refractivity contribution in [1.82, 2.24) is 0 Å². The molecule has 23 heavy (non-hydrogen) atoms. The number of hydrogen-bond donors (Lipinski definition) is 2. The fraction of sp³-hybridized carbons (Fsp3) is 0.333. The lowest BCUT2D eigenvalue weighted by molar-refractivity contribution is -0.112. The average molecular weight is 342 g/mol. The largest absolute Gasteiger partial charge is 0.510 e. The van der Waals surface area contributed by atoms with Crippen LogP contribution in [0.2, 0.25) is 0 Å². The second kappa shape index (κ2) is 6.54. The number of anilines is 1. The number of amides is 1. The van der Waals surface area contributed by atoms with Crippen molar-refractivity contribution < 1.29 is 23.1 Å². The number of rotatable bonds is 4. The summed E-state index contributed by atoms with van der Waals surface area (Å²) >= 11 is -0.232. The first kappa shape index (κ1) is 17.2. The van der Waals surface area contributed by atoms with Gasteiger partial charge in [-0.05, 0) is 55.3 Å². The molecule has 1 amide bonds. The van der Waals surface area contributed by atoms with Gasteiger partial charge in [-0.1, -0.05) is 0 Å². The predicted octanol–water partition coefficient (Wildman–Crippen LogP) is 4.29. The highest BCUT2D eigenvalue weighted by atomic mass is 32.2. The molecule has 1 saturated carbocycles. The predicted molar refractivity (Wildman–Crippen MR) is 79.7 cm³/mol. The van der Waals surface area contributed by atoms with E-state index in [0.717, 1.165) is 12.8 Å². The summed E-state index contributed by atoms with van der Waals surface area (Å²) in [5.74, 6) is -1.15. The Morgan fingerprint density at radius 3 is 2.57 bits per heavy atom. The minimum atomic E-state index is -4.39. The van der Waals surface area contributed by atoms with Gasteiger partial charge in [0, 0.05) is 16.5 Å². The number of halogens is 3. The Morgan fingerprint density at radius 2 is 2.09 bits per heavy atom. The summed E-state index contributed by atoms with van der Waals surface area (Å²) in [6.45, 7) is 1.49. The number of nitriles is 1. The van der Waals surface area contributed by atoms with Gasteiger partial charge in [-0.15, -0.1) is 0 Å². The maximum atomic E-state index is 12.4. The molecule has 1 aliphatic rings. The lowest BCUT2D eigenvalue weighted by Crippen LogP contribution is -2.16. The van der Waals surface area contributed by atoms with Crippen molar-refractivity contribution in [3.63, 3.8) is 0 Å². The Hall–Kier alpha value is -2.14. The van der Waals surface area contributed by atoms with E-state index in [1.807, 2.05) is 0 Å². The zero-order chi connectivity index (χ0) is 17.2. The number of nitrogens with zero attached hydrogens (tertiary/aromatic N) is 1. The van der Waals surface area contributed by atoms with Gasteiger partial charge in [0.05, 0.1) is 0 Å². The third-order valence-corrected chi connectivity index (χ3v) is 4.13. The monoisotopic (exact) mass is 342 g/mol. The molecule has 1 aromatic rings. The second-order valence-electron chi connectivity index (χ2n) is 5.13. The van der Waals surface area contributed by atoms with E-state index in [1.165, 1.54) is 25.1 Å². The van der Waals surface area contributed by atoms with Crippen molar-refractivity contribution in [1.29, 1.82) is 5.26 Å². The van der Waals surface area contributed by atoms with Crippen LogP contribution in [0.4, 0.5) is 18.9 Å². The number of aliphatic hydroxyl groups is 1. The SMILES string of the molecule is Cc1cc(NC(=O)/C(C#N)=C(\O)C2CC2)ccc1SC(F)(F)F. The topological polar surface area (TPSA) is 73.1 Å². The third-order valence-electron chi connectivity index (χ3n) is 3.22. The molecule has 0 unspecified atom stereocenters. The molecule has 1 fully saturated rings. The number of aryl methyl sites for hydroxylation is 1. The molecule has 0 heterocycles. The minimum absolute atomic E-state index is 0.0346. The lowest BCUT2D eigenvalue weighted by Gasteiger charge is -2.11. The molecule has 2 rings (SSSR count). The lowest BCUT2D eigenvalue weighted by atomic mass is 10.1. The van der Waals surface area contributed by atoms with Crippen LogP contribution in [0.25, 0.3) is 0 Å². The Bertz CT molecular complexity index is 704. The van der Waals surface area contributed by atoms with E-state index in [0.29, 0.717) is 5.56 Å². The van der Waals surface area contributed by atoms with Crippen molar-refractivity contribution in [2.75, 3.05) is 5.32 Å². The molecule has 0 aromatic heterocycles. The van der Waals surface area contributed by atoms with Crippen LogP contribution in [0.3, 0.4) is 0 Å². The molecular formula is C15H13F3N2O2S. The van der Waals surface area contributed by atoms with Crippen LogP contribution in [-0.4, -0.2) is 16.5 Å². The van der Waals surface area contributed by atoms with Crippen LogP contribution >= 0.6 is 11.8 Å². The molecule has 0 spiro atoms. The summed E-state index contributed by atoms with van der Waals surface area (Å²) in [4.78, 5) is 12.0. The molecule has 1 aromatic carbocycles. The zero-order valence-electron chi connectivity index (χ0n) is 12.1. The van der Waals surface area contributed by atoms with Crippen LogP contribution in [0.5, 0.6) is 0 Å². The van der Waals surface area contributed by atoms with E-state index in [9.17, 15) is 23.1 Å². The average Bonchev–Trinajstić information content (AvgIpc) is 3.25. The fourth-order valence-corrected chi connectivity index (χ4v) is 2.55. The summed E-state index contributed by atoms with van der Waals surface area (Å²) in [5.41, 5.74) is -4.14. The first-order chi connectivity index (χ1) is 10.7. The van der Waals surface area contributed by atoms with Gasteiger partial charge in [-0.2, -0.15) is 18.4 Å². The number of carbonyl (C=O) groups is 1. The van der Waals surface area contributed by atoms with Gasteiger partial charge >= 0.3 is 5.51 Å². The Kier molecular flexibility index (Phi) is 4.90. The molecule has 122 valence electrons. The molecular weight excluding hydrogens is 329 g/mol. The molecule has 0 saturated heterocycles. The molecule has 1 aliphatic carbocycles. The number of aliphatic hydroxyl groups excluding tert-OH is 1. The van der Waals surface area contributed by atoms with E-state index < -0.39 is 11.4 Å². The van der Waals surface area contributed by atoms with Gasteiger partial charge in [0.2, 0.25) is 0 Å². The second-order valence-corrected chi connectivity index (χ2v) is 6.24. The fourth-order valence-electron chi connectivity index (χ4n) is 1.95. The van der Waals surface area contributed by atoms with Crippen LogP contribution < -0.4 is 5.32 Å². The van der Waals surface area contributed by atoms with Gasteiger partial charge in [0.25, 0.3) is 5.91 Å². The highest BCUT2D eigenvalue weighted by Gasteiger charge is 2.31. The molecule has 8 heteroatoms. The van der Waals surface area contributed by atoms with Crippen LogP contribution in [0.15, 0.2) is 34.4 Å². The van der Waals surface area contributed by atoms with Gasteiger partial charge in [0.15, 0.2) is 5.57 Å². The first-order valence-electron chi connectivity index (χ1n) is 6.72. The van der Waals surface area contributed by atoms with Gasteiger partial charge in [-0.3, -0.25) is 4.79 Å². The van der Waals surface area contributed by atoms with Crippen molar-refractivity contribution in [3.8, 4) is 6.07 Å². The van der Waals surface area contributed by atoms with E-state index in [2.05, 4.69) is 5.32 Å². The van der Waals surface area contributed by atoms with Gasteiger partial charge in [0.1, 0.15) is 11.8 Å². The van der Waals surface area contributed by atoms with E-state index in [4.69, 9.17) is 5.26 Å². The normalized spacial score (nSPS) is 15.6. The van der Waals surface area contributed by atoms with Gasteiger partial charge < -0.3 is 10.4 Å². The zero-order valence-corrected chi connectivity index (χ0v) is 12.9. The molecule has 0 atom stereocenters. The summed E-state index contributed by atoms with van der Waals surface area (Å²) in [7, 11) is 0. The Morgan fingerprint density at radius 1 is 1.43 bits per heavy atom. The number of alkyl halides is 3. The maximum absolute atomic E-state index is 12.4. The van der Waals surface area contributed by atoms with Crippen LogP contribution in [0.1, 0.15) is 18.4 Å². The number of hydrogen-bond acceptors (Lipinski definition) is 4. The first-order valence-corrected chi connectivity index (χ1v) is 7.54. The Labute approximate surface area is 135 Å². The smallest absolute Gasteiger partial charge is 0.446 e. The van der Waals surface area contributed by atoms with E-state index in [-0.39, 0.29) is 39.6 Å². The number of benzene rings is 1. The summed E-state index contributed by atoms with van der Waals surface area (Å²) < 4.78 is 37.1. The van der Waals surface area contributed by atoms with Crippen molar-refractivity contribution in [2.45, 2.75) is 30.2 Å². The van der Waals surface area contributed by atoms with E-state index in [1.54, 1.807) is 6.07 Å². The van der Waals surface area contributed by atoms with Crippen LogP contribution in [0, 0.1) is 24.2 Å². The molecule has 0 radical (unpaired) electrons. The molecule has 2 N–H and O–H groups in total. The Balaban J connectivity index is 2.14. The van der Waals surface area contributed by atoms with E-state index >= 15 is 0 Å². The molecule has 4 nitrogen and oxygen atoms in total. The quantitative estimate of drug-likeness (QED) is 0.370. The number of carbonyl (C=O) groups excluding carboxylic acids is 1. The highest BCUT2D eigenvalue weighted by Crippen LogP contribution is 2.39. The molecule has 0 aliphatic heterocycles. The standard InChI is InChI=1S/C15H13F3N2O2S/c1-8-6-10(4-5-12(8)23-15(16,17)18)20-14(22)11(7-19)13(21)9-2-3-9/h4-6,9,21H,2-3H2,1H3,(H,20,22)/b13-11-. The maximum Gasteiger partial charge on any atom is 0.446 e. The van der Waals surface area contributed by atoms with Crippen LogP contribution in [-0.2, 0) is 4.79 Å². The van der Waals surface area contributed by atoms with Crippen molar-refractivity contribution in [2.24, 2.45) is 5.92 Å². The summed E-state index contributed by atoms with van der Waals surface area (Å²) in [6.07, 6.45) is 1.46. The molecule has 0 bridgehead atoms. The van der Waals surface area contributed by atoms with Crippen molar-refractivity contribution in [3.05, 3.63) is 35.1 Å². The summed E-state index contributed by atoms with van der Waals surface area (Å²) in [6, 6.07) is 5.62. The van der Waals surface area contributed by atoms with Gasteiger partial charge in [-0.25, -0.2) is 0 Å². The number of nitrogens with one attached hydrogen (secondary N) is 1. The van der Waals surface area contributed by atoms with Crippen molar-refractivity contribution >= 4 is 23.4 Å². The highest BCUT2D eigenvalue weighted by molar-refractivity contribution is 8.00. The number of thioether (sulfide) groups is 1. The number of allylic oxidation sites excluding steroid dienone is 1. The minimum Gasteiger partial charge on any atom is -0.510 e. The third kappa shape index (κ3) is 4.66. The summed E-state index contributed by atoms with van der Waals surface area (Å²) in [5, 5.41) is 21.2.